The molecule has 0 aliphatic heterocycles. The summed E-state index contributed by atoms with van der Waals surface area (Å²) < 4.78 is 10.3. The highest BCUT2D eigenvalue weighted by Gasteiger charge is 2.08. The number of carbonyl (C=O) groups is 1. The van der Waals surface area contributed by atoms with Crippen molar-refractivity contribution in [2.75, 3.05) is 7.11 Å². The Hall–Kier alpha value is -2.81. The molecule has 0 aliphatic carbocycles. The topological polar surface area (TPSA) is 35.5 Å². The molecule has 0 fully saturated rings. The fourth-order valence-corrected chi connectivity index (χ4v) is 1.68. The first-order chi connectivity index (χ1) is 10.2. The second-order valence-electron chi connectivity index (χ2n) is 4.33. The van der Waals surface area contributed by atoms with Crippen molar-refractivity contribution in [2.45, 2.75) is 0 Å². The predicted octanol–water partition coefficient (Wildman–Crippen LogP) is 4.08. The standard InChI is InChI=1S/C18H16O3/c1-14(20-2)11-12-15-7-6-8-16(13-15)18(19)21-17-9-4-3-5-10-17/h3-13H,1H2,2H3/b12-11-. The van der Waals surface area contributed by atoms with Gasteiger partial charge in [0.2, 0.25) is 0 Å². The van der Waals surface area contributed by atoms with Gasteiger partial charge in [0.1, 0.15) is 11.5 Å². The summed E-state index contributed by atoms with van der Waals surface area (Å²) in [6.45, 7) is 3.70. The zero-order chi connectivity index (χ0) is 15.1. The van der Waals surface area contributed by atoms with E-state index in [2.05, 4.69) is 6.58 Å². The largest absolute Gasteiger partial charge is 0.497 e. The van der Waals surface area contributed by atoms with Crippen molar-refractivity contribution >= 4 is 12.0 Å². The minimum atomic E-state index is -0.387. The van der Waals surface area contributed by atoms with Gasteiger partial charge < -0.3 is 9.47 Å². The molecule has 0 N–H and O–H groups in total. The molecule has 106 valence electrons. The number of esters is 1. The van der Waals surface area contributed by atoms with Crippen LogP contribution in [0.2, 0.25) is 0 Å². The van der Waals surface area contributed by atoms with Gasteiger partial charge in [-0.1, -0.05) is 43.0 Å². The zero-order valence-electron chi connectivity index (χ0n) is 11.8. The van der Waals surface area contributed by atoms with E-state index in [1.54, 1.807) is 43.5 Å². The number of methoxy groups -OCH3 is 1. The normalized spacial score (nSPS) is 10.3. The van der Waals surface area contributed by atoms with E-state index in [0.717, 1.165) is 5.56 Å². The van der Waals surface area contributed by atoms with E-state index in [1.807, 2.05) is 30.3 Å². The van der Waals surface area contributed by atoms with E-state index in [0.29, 0.717) is 17.1 Å². The Bertz CT molecular complexity index is 657. The van der Waals surface area contributed by atoms with Crippen molar-refractivity contribution in [1.82, 2.24) is 0 Å². The SMILES string of the molecule is C=C(/C=C\c1cccc(C(=O)Oc2ccccc2)c1)OC. The summed E-state index contributed by atoms with van der Waals surface area (Å²) in [5.74, 6) is 0.686. The molecular formula is C18H16O3. The lowest BCUT2D eigenvalue weighted by Gasteiger charge is -2.04. The molecular weight excluding hydrogens is 264 g/mol. The van der Waals surface area contributed by atoms with Crippen LogP contribution in [0.25, 0.3) is 6.08 Å². The molecule has 21 heavy (non-hydrogen) atoms. The van der Waals surface area contributed by atoms with Gasteiger partial charge in [-0.2, -0.15) is 0 Å². The first kappa shape index (κ1) is 14.6. The first-order valence-electron chi connectivity index (χ1n) is 6.47. The molecule has 0 heterocycles. The van der Waals surface area contributed by atoms with E-state index in [9.17, 15) is 4.79 Å². The Labute approximate surface area is 124 Å². The quantitative estimate of drug-likeness (QED) is 0.358. The second kappa shape index (κ2) is 7.10. The maximum Gasteiger partial charge on any atom is 0.343 e. The molecule has 0 unspecified atom stereocenters. The maximum atomic E-state index is 12.1. The fourth-order valence-electron chi connectivity index (χ4n) is 1.68. The Morgan fingerprint density at radius 1 is 1.10 bits per heavy atom. The lowest BCUT2D eigenvalue weighted by molar-refractivity contribution is 0.0734. The van der Waals surface area contributed by atoms with Crippen LogP contribution in [0.4, 0.5) is 0 Å². The molecule has 0 spiro atoms. The van der Waals surface area contributed by atoms with E-state index in [-0.39, 0.29) is 5.97 Å². The average molecular weight is 280 g/mol. The van der Waals surface area contributed by atoms with Gasteiger partial charge in [-0.3, -0.25) is 0 Å². The first-order valence-corrected chi connectivity index (χ1v) is 6.47. The van der Waals surface area contributed by atoms with Gasteiger partial charge >= 0.3 is 5.97 Å². The zero-order valence-corrected chi connectivity index (χ0v) is 11.8. The monoisotopic (exact) mass is 280 g/mol. The Morgan fingerprint density at radius 2 is 1.86 bits per heavy atom. The molecule has 0 bridgehead atoms. The second-order valence-corrected chi connectivity index (χ2v) is 4.33. The minimum absolute atomic E-state index is 0.387. The summed E-state index contributed by atoms with van der Waals surface area (Å²) in [4.78, 5) is 12.1. The highest BCUT2D eigenvalue weighted by molar-refractivity contribution is 5.91. The van der Waals surface area contributed by atoms with Crippen LogP contribution < -0.4 is 4.74 Å². The molecule has 0 saturated heterocycles. The lowest BCUT2D eigenvalue weighted by Crippen LogP contribution is -2.08. The van der Waals surface area contributed by atoms with Crippen molar-refractivity contribution < 1.29 is 14.3 Å². The van der Waals surface area contributed by atoms with E-state index in [4.69, 9.17) is 9.47 Å². The van der Waals surface area contributed by atoms with E-state index >= 15 is 0 Å². The molecule has 0 aromatic heterocycles. The summed E-state index contributed by atoms with van der Waals surface area (Å²) in [5.41, 5.74) is 1.36. The molecule has 0 aliphatic rings. The molecule has 3 heteroatoms. The van der Waals surface area contributed by atoms with Crippen LogP contribution in [0.3, 0.4) is 0 Å². The van der Waals surface area contributed by atoms with E-state index < -0.39 is 0 Å². The lowest BCUT2D eigenvalue weighted by atomic mass is 10.1. The molecule has 3 nitrogen and oxygen atoms in total. The molecule has 0 atom stereocenters. The van der Waals surface area contributed by atoms with Gasteiger partial charge in [0.05, 0.1) is 12.7 Å². The summed E-state index contributed by atoms with van der Waals surface area (Å²) in [6, 6.07) is 16.1. The number of hydrogen-bond acceptors (Lipinski definition) is 3. The summed E-state index contributed by atoms with van der Waals surface area (Å²) in [7, 11) is 1.56. The molecule has 2 aromatic carbocycles. The highest BCUT2D eigenvalue weighted by Crippen LogP contribution is 2.14. The summed E-state index contributed by atoms with van der Waals surface area (Å²) in [6.07, 6.45) is 3.56. The van der Waals surface area contributed by atoms with Gasteiger partial charge in [0.25, 0.3) is 0 Å². The predicted molar refractivity (Wildman–Crippen MR) is 83.0 cm³/mol. The third-order valence-electron chi connectivity index (χ3n) is 2.80. The van der Waals surface area contributed by atoms with Crippen LogP contribution in [0, 0.1) is 0 Å². The van der Waals surface area contributed by atoms with Crippen molar-refractivity contribution in [3.8, 4) is 5.75 Å². The summed E-state index contributed by atoms with van der Waals surface area (Å²) in [5, 5.41) is 0. The fraction of sp³-hybridized carbons (Fsp3) is 0.0556. The van der Waals surface area contributed by atoms with Crippen molar-refractivity contribution in [3.63, 3.8) is 0 Å². The van der Waals surface area contributed by atoms with Gasteiger partial charge in [-0.05, 0) is 35.9 Å². The third-order valence-corrected chi connectivity index (χ3v) is 2.80. The van der Waals surface area contributed by atoms with Gasteiger partial charge in [-0.15, -0.1) is 0 Å². The van der Waals surface area contributed by atoms with Crippen molar-refractivity contribution in [2.24, 2.45) is 0 Å². The maximum absolute atomic E-state index is 12.1. The number of para-hydroxylation sites is 1. The smallest absolute Gasteiger partial charge is 0.343 e. The van der Waals surface area contributed by atoms with Crippen LogP contribution >= 0.6 is 0 Å². The van der Waals surface area contributed by atoms with Gasteiger partial charge in [-0.25, -0.2) is 4.79 Å². The Morgan fingerprint density at radius 3 is 2.57 bits per heavy atom. The number of allylic oxidation sites excluding steroid dienone is 1. The molecule has 2 rings (SSSR count). The van der Waals surface area contributed by atoms with Crippen LogP contribution in [0.5, 0.6) is 5.75 Å². The Kier molecular flexibility index (Phi) is 4.94. The highest BCUT2D eigenvalue weighted by atomic mass is 16.5. The molecule has 2 aromatic rings. The average Bonchev–Trinajstić information content (AvgIpc) is 2.53. The van der Waals surface area contributed by atoms with Crippen LogP contribution in [0.1, 0.15) is 15.9 Å². The summed E-state index contributed by atoms with van der Waals surface area (Å²) >= 11 is 0. The Balaban J connectivity index is 2.11. The van der Waals surface area contributed by atoms with Crippen molar-refractivity contribution in [1.29, 1.82) is 0 Å². The number of hydrogen-bond donors (Lipinski definition) is 0. The molecule has 0 amide bonds. The van der Waals surface area contributed by atoms with Crippen LogP contribution in [-0.4, -0.2) is 13.1 Å². The minimum Gasteiger partial charge on any atom is -0.497 e. The third kappa shape index (κ3) is 4.35. The van der Waals surface area contributed by atoms with Crippen LogP contribution in [-0.2, 0) is 4.74 Å². The number of rotatable bonds is 5. The number of carbonyl (C=O) groups excluding carboxylic acids is 1. The van der Waals surface area contributed by atoms with Gasteiger partial charge in [0, 0.05) is 0 Å². The van der Waals surface area contributed by atoms with E-state index in [1.165, 1.54) is 0 Å². The van der Waals surface area contributed by atoms with Crippen molar-refractivity contribution in [3.05, 3.63) is 84.1 Å². The van der Waals surface area contributed by atoms with Crippen LogP contribution in [0.15, 0.2) is 73.0 Å². The van der Waals surface area contributed by atoms with Gasteiger partial charge in [0.15, 0.2) is 0 Å². The number of ether oxygens (including phenoxy) is 2. The molecule has 0 saturated carbocycles. The molecule has 0 radical (unpaired) electrons. The number of benzene rings is 2.